The van der Waals surface area contributed by atoms with Crippen LogP contribution in [-0.2, 0) is 16.0 Å². The van der Waals surface area contributed by atoms with Gasteiger partial charge in [-0.3, -0.25) is 14.5 Å². The van der Waals surface area contributed by atoms with Crippen molar-refractivity contribution >= 4 is 17.5 Å². The standard InChI is InChI=1S/C19H26N2O3/c1-2-14-7-3-4-9-16(14)21-18(23)13-17(19(21)24)20-11-6-5-8-15(20)10-12-22/h3-4,7,9,15,17,22H,2,5-6,8,10-13H2,1H3/t15-,17+/m0/s1. The Labute approximate surface area is 143 Å². The Kier molecular flexibility index (Phi) is 5.31. The predicted octanol–water partition coefficient (Wildman–Crippen LogP) is 2.12. The Hall–Kier alpha value is -1.72. The monoisotopic (exact) mass is 330 g/mol. The van der Waals surface area contributed by atoms with Crippen molar-refractivity contribution < 1.29 is 14.7 Å². The number of aliphatic hydroxyl groups is 1. The van der Waals surface area contributed by atoms with Crippen molar-refractivity contribution in [3.63, 3.8) is 0 Å². The summed E-state index contributed by atoms with van der Waals surface area (Å²) in [6, 6.07) is 7.47. The van der Waals surface area contributed by atoms with Gasteiger partial charge >= 0.3 is 0 Å². The minimum Gasteiger partial charge on any atom is -0.396 e. The number of aliphatic hydroxyl groups excluding tert-OH is 1. The van der Waals surface area contributed by atoms with Crippen LogP contribution in [0.15, 0.2) is 24.3 Å². The molecule has 2 aliphatic heterocycles. The maximum absolute atomic E-state index is 13.0. The van der Waals surface area contributed by atoms with Crippen LogP contribution in [0.1, 0.15) is 44.6 Å². The van der Waals surface area contributed by atoms with E-state index in [2.05, 4.69) is 4.90 Å². The number of piperidine rings is 1. The molecule has 2 saturated heterocycles. The van der Waals surface area contributed by atoms with Gasteiger partial charge in [0.1, 0.15) is 0 Å². The summed E-state index contributed by atoms with van der Waals surface area (Å²) in [6.07, 6.45) is 4.87. The first-order chi connectivity index (χ1) is 11.7. The van der Waals surface area contributed by atoms with E-state index in [0.29, 0.717) is 6.42 Å². The molecule has 1 aromatic rings. The minimum atomic E-state index is -0.376. The number of hydrogen-bond donors (Lipinski definition) is 1. The second-order valence-corrected chi connectivity index (χ2v) is 6.67. The summed E-state index contributed by atoms with van der Waals surface area (Å²) in [6.45, 7) is 2.99. The third kappa shape index (κ3) is 3.10. The summed E-state index contributed by atoms with van der Waals surface area (Å²) in [5.41, 5.74) is 1.75. The Morgan fingerprint density at radius 1 is 1.21 bits per heavy atom. The molecule has 1 N–H and O–H groups in total. The second kappa shape index (κ2) is 7.45. The van der Waals surface area contributed by atoms with Gasteiger partial charge in [-0.05, 0) is 43.9 Å². The molecule has 5 heteroatoms. The van der Waals surface area contributed by atoms with E-state index in [-0.39, 0.29) is 36.9 Å². The van der Waals surface area contributed by atoms with Crippen LogP contribution in [-0.4, -0.2) is 47.1 Å². The number of carbonyl (C=O) groups excluding carboxylic acids is 2. The van der Waals surface area contributed by atoms with Crippen LogP contribution >= 0.6 is 0 Å². The summed E-state index contributed by atoms with van der Waals surface area (Å²) in [4.78, 5) is 29.2. The molecule has 5 nitrogen and oxygen atoms in total. The molecule has 0 bridgehead atoms. The van der Waals surface area contributed by atoms with Gasteiger partial charge in [-0.2, -0.15) is 0 Å². The van der Waals surface area contributed by atoms with E-state index in [1.165, 1.54) is 4.90 Å². The van der Waals surface area contributed by atoms with Gasteiger partial charge in [0.05, 0.1) is 18.2 Å². The van der Waals surface area contributed by atoms with E-state index in [9.17, 15) is 14.7 Å². The normalized spacial score (nSPS) is 25.5. The largest absolute Gasteiger partial charge is 0.396 e. The fraction of sp³-hybridized carbons (Fsp3) is 0.579. The number of amides is 2. The van der Waals surface area contributed by atoms with Crippen LogP contribution < -0.4 is 4.90 Å². The Bertz CT molecular complexity index is 614. The summed E-state index contributed by atoms with van der Waals surface area (Å²) >= 11 is 0. The molecule has 0 saturated carbocycles. The van der Waals surface area contributed by atoms with Crippen molar-refractivity contribution in [1.82, 2.24) is 4.90 Å². The summed E-state index contributed by atoms with van der Waals surface area (Å²) in [5, 5.41) is 9.31. The van der Waals surface area contributed by atoms with Crippen LogP contribution in [0.3, 0.4) is 0 Å². The van der Waals surface area contributed by atoms with Crippen molar-refractivity contribution in [2.45, 2.75) is 57.5 Å². The maximum atomic E-state index is 13.0. The molecule has 24 heavy (non-hydrogen) atoms. The highest BCUT2D eigenvalue weighted by molar-refractivity contribution is 6.22. The van der Waals surface area contributed by atoms with Gasteiger partial charge in [-0.1, -0.05) is 31.5 Å². The zero-order valence-corrected chi connectivity index (χ0v) is 14.3. The number of carbonyl (C=O) groups is 2. The molecule has 0 spiro atoms. The highest BCUT2D eigenvalue weighted by Gasteiger charge is 2.45. The van der Waals surface area contributed by atoms with Gasteiger partial charge in [0.15, 0.2) is 0 Å². The van der Waals surface area contributed by atoms with Crippen LogP contribution in [0.2, 0.25) is 0 Å². The maximum Gasteiger partial charge on any atom is 0.251 e. The van der Waals surface area contributed by atoms with Crippen LogP contribution in [0.5, 0.6) is 0 Å². The molecular formula is C19H26N2O3. The van der Waals surface area contributed by atoms with Gasteiger partial charge in [0, 0.05) is 12.6 Å². The van der Waals surface area contributed by atoms with E-state index in [1.54, 1.807) is 0 Å². The molecule has 2 atom stereocenters. The second-order valence-electron chi connectivity index (χ2n) is 6.67. The fourth-order valence-corrected chi connectivity index (χ4v) is 4.05. The zero-order chi connectivity index (χ0) is 17.1. The lowest BCUT2D eigenvalue weighted by molar-refractivity contribution is -0.124. The first-order valence-electron chi connectivity index (χ1n) is 8.98. The number of nitrogens with zero attached hydrogens (tertiary/aromatic N) is 2. The third-order valence-corrected chi connectivity index (χ3v) is 5.27. The number of para-hydroxylation sites is 1. The van der Waals surface area contributed by atoms with Crippen LogP contribution in [0, 0.1) is 0 Å². The highest BCUT2D eigenvalue weighted by Crippen LogP contribution is 2.32. The zero-order valence-electron chi connectivity index (χ0n) is 14.3. The lowest BCUT2D eigenvalue weighted by Gasteiger charge is -2.38. The van der Waals surface area contributed by atoms with Crippen LogP contribution in [0.4, 0.5) is 5.69 Å². The summed E-state index contributed by atoms with van der Waals surface area (Å²) < 4.78 is 0. The number of aryl methyl sites for hydroxylation is 1. The predicted molar refractivity (Wildman–Crippen MR) is 92.8 cm³/mol. The number of benzene rings is 1. The van der Waals surface area contributed by atoms with Gasteiger partial charge < -0.3 is 5.11 Å². The van der Waals surface area contributed by atoms with E-state index >= 15 is 0 Å². The number of anilines is 1. The highest BCUT2D eigenvalue weighted by atomic mass is 16.3. The van der Waals surface area contributed by atoms with Gasteiger partial charge in [0.2, 0.25) is 5.91 Å². The quantitative estimate of drug-likeness (QED) is 0.840. The Morgan fingerprint density at radius 2 is 2.00 bits per heavy atom. The molecule has 2 heterocycles. The van der Waals surface area contributed by atoms with E-state index in [0.717, 1.165) is 43.5 Å². The number of hydrogen-bond acceptors (Lipinski definition) is 4. The molecule has 0 aromatic heterocycles. The molecule has 0 radical (unpaired) electrons. The number of rotatable bonds is 5. The van der Waals surface area contributed by atoms with Crippen molar-refractivity contribution in [2.24, 2.45) is 0 Å². The van der Waals surface area contributed by atoms with Crippen molar-refractivity contribution in [3.8, 4) is 0 Å². The first-order valence-corrected chi connectivity index (χ1v) is 8.98. The molecule has 2 fully saturated rings. The van der Waals surface area contributed by atoms with Crippen LogP contribution in [0.25, 0.3) is 0 Å². The van der Waals surface area contributed by atoms with Gasteiger partial charge in [-0.25, -0.2) is 4.90 Å². The average molecular weight is 330 g/mol. The molecular weight excluding hydrogens is 304 g/mol. The molecule has 0 unspecified atom stereocenters. The topological polar surface area (TPSA) is 60.9 Å². The SMILES string of the molecule is CCc1ccccc1N1C(=O)C[C@@H](N2CCCC[C@H]2CCO)C1=O. The molecule has 0 aliphatic carbocycles. The first kappa shape index (κ1) is 17.1. The van der Waals surface area contributed by atoms with Gasteiger partial charge in [0.25, 0.3) is 5.91 Å². The lowest BCUT2D eigenvalue weighted by atomic mass is 9.97. The fourth-order valence-electron chi connectivity index (χ4n) is 4.05. The van der Waals surface area contributed by atoms with Crippen molar-refractivity contribution in [1.29, 1.82) is 0 Å². The Morgan fingerprint density at radius 3 is 2.75 bits per heavy atom. The third-order valence-electron chi connectivity index (χ3n) is 5.27. The molecule has 2 aliphatic rings. The summed E-state index contributed by atoms with van der Waals surface area (Å²) in [7, 11) is 0. The van der Waals surface area contributed by atoms with Gasteiger partial charge in [-0.15, -0.1) is 0 Å². The summed E-state index contributed by atoms with van der Waals surface area (Å²) in [5.74, 6) is -0.218. The molecule has 3 rings (SSSR count). The Balaban J connectivity index is 1.86. The lowest BCUT2D eigenvalue weighted by Crippen LogP contribution is -2.50. The van der Waals surface area contributed by atoms with E-state index < -0.39 is 0 Å². The van der Waals surface area contributed by atoms with Crippen molar-refractivity contribution in [3.05, 3.63) is 29.8 Å². The minimum absolute atomic E-state index is 0.106. The number of likely N-dealkylation sites (tertiary alicyclic amines) is 1. The van der Waals surface area contributed by atoms with E-state index in [4.69, 9.17) is 0 Å². The molecule has 1 aromatic carbocycles. The van der Waals surface area contributed by atoms with E-state index in [1.807, 2.05) is 31.2 Å². The molecule has 2 amide bonds. The smallest absolute Gasteiger partial charge is 0.251 e. The molecule has 130 valence electrons. The van der Waals surface area contributed by atoms with Crippen molar-refractivity contribution in [2.75, 3.05) is 18.1 Å². The number of imide groups is 1. The average Bonchev–Trinajstić information content (AvgIpc) is 2.90.